The maximum Gasteiger partial charge on any atom is 0.451 e. The van der Waals surface area contributed by atoms with Crippen molar-refractivity contribution in [2.75, 3.05) is 17.3 Å². The van der Waals surface area contributed by atoms with Gasteiger partial charge in [0, 0.05) is 12.6 Å². The van der Waals surface area contributed by atoms with Gasteiger partial charge in [0.1, 0.15) is 11.6 Å². The summed E-state index contributed by atoms with van der Waals surface area (Å²) in [7, 11) is 0. The minimum absolute atomic E-state index is 0.0435. The topological polar surface area (TPSA) is 75.9 Å². The molecule has 0 aliphatic rings. The largest absolute Gasteiger partial charge is 0.451 e. The third-order valence-electron chi connectivity index (χ3n) is 3.20. The lowest BCUT2D eigenvalue weighted by molar-refractivity contribution is -0.144. The predicted molar refractivity (Wildman–Crippen MR) is 72.0 cm³/mol. The fraction of sp³-hybridized carbons (Fsp3) is 0.667. The van der Waals surface area contributed by atoms with Crippen LogP contribution in [-0.4, -0.2) is 16.5 Å². The third-order valence-corrected chi connectivity index (χ3v) is 3.20. The lowest BCUT2D eigenvalue weighted by Gasteiger charge is -2.27. The molecule has 1 atom stereocenters. The van der Waals surface area contributed by atoms with E-state index in [4.69, 9.17) is 5.84 Å². The fourth-order valence-electron chi connectivity index (χ4n) is 1.30. The van der Waals surface area contributed by atoms with E-state index < -0.39 is 12.0 Å². The molecular weight excluding hydrogens is 271 g/mol. The van der Waals surface area contributed by atoms with Crippen LogP contribution in [0.1, 0.15) is 33.5 Å². The van der Waals surface area contributed by atoms with Gasteiger partial charge in [0.25, 0.3) is 0 Å². The number of nitrogens with two attached hydrogens (primary N) is 1. The summed E-state index contributed by atoms with van der Waals surface area (Å²) in [5.41, 5.74) is 2.15. The summed E-state index contributed by atoms with van der Waals surface area (Å²) in [6.45, 7) is 8.71. The Kier molecular flexibility index (Phi) is 4.80. The summed E-state index contributed by atoms with van der Waals surface area (Å²) >= 11 is 0. The maximum atomic E-state index is 12.7. The number of rotatable bonds is 4. The average Bonchev–Trinajstić information content (AvgIpc) is 2.33. The first-order chi connectivity index (χ1) is 9.04. The molecule has 0 aliphatic carbocycles. The molecule has 5 nitrogen and oxygen atoms in total. The molecule has 0 amide bonds. The quantitative estimate of drug-likeness (QED) is 0.587. The number of aromatic nitrogens is 2. The number of nitrogen functional groups attached to an aromatic ring is 1. The summed E-state index contributed by atoms with van der Waals surface area (Å²) in [5, 5.41) is 2.89. The highest BCUT2D eigenvalue weighted by atomic mass is 19.4. The van der Waals surface area contributed by atoms with E-state index >= 15 is 0 Å². The highest BCUT2D eigenvalue weighted by molar-refractivity contribution is 5.47. The highest BCUT2D eigenvalue weighted by Gasteiger charge is 2.35. The van der Waals surface area contributed by atoms with E-state index in [-0.39, 0.29) is 23.0 Å². The van der Waals surface area contributed by atoms with E-state index in [1.807, 2.05) is 6.92 Å². The molecular formula is C12H20F3N5. The van der Waals surface area contributed by atoms with Crippen LogP contribution in [0.5, 0.6) is 0 Å². The lowest BCUT2D eigenvalue weighted by atomic mass is 9.82. The molecule has 0 spiro atoms. The Bertz CT molecular complexity index is 453. The lowest BCUT2D eigenvalue weighted by Crippen LogP contribution is -2.25. The Morgan fingerprint density at radius 2 is 1.75 bits per heavy atom. The van der Waals surface area contributed by atoms with Gasteiger partial charge < -0.3 is 10.7 Å². The Morgan fingerprint density at radius 3 is 2.20 bits per heavy atom. The van der Waals surface area contributed by atoms with Gasteiger partial charge in [-0.25, -0.2) is 15.8 Å². The Hall–Kier alpha value is -1.57. The molecule has 8 heteroatoms. The first-order valence-electron chi connectivity index (χ1n) is 6.21. The van der Waals surface area contributed by atoms with Crippen molar-refractivity contribution in [3.8, 4) is 0 Å². The molecule has 1 aromatic rings. The molecule has 0 aliphatic heterocycles. The van der Waals surface area contributed by atoms with Crippen molar-refractivity contribution in [1.29, 1.82) is 0 Å². The van der Waals surface area contributed by atoms with Gasteiger partial charge in [-0.2, -0.15) is 13.2 Å². The Balaban J connectivity index is 2.90. The molecule has 0 fully saturated rings. The molecule has 114 valence electrons. The van der Waals surface area contributed by atoms with Gasteiger partial charge in [-0.05, 0) is 11.3 Å². The van der Waals surface area contributed by atoms with Crippen molar-refractivity contribution in [1.82, 2.24) is 9.97 Å². The molecule has 4 N–H and O–H groups in total. The zero-order valence-electron chi connectivity index (χ0n) is 12.0. The van der Waals surface area contributed by atoms with E-state index in [0.29, 0.717) is 6.54 Å². The number of hydrogen-bond acceptors (Lipinski definition) is 5. The molecule has 0 aromatic carbocycles. The molecule has 1 unspecified atom stereocenters. The third kappa shape index (κ3) is 4.52. The number of alkyl halides is 3. The van der Waals surface area contributed by atoms with Gasteiger partial charge in [-0.1, -0.05) is 27.7 Å². The first kappa shape index (κ1) is 16.5. The van der Waals surface area contributed by atoms with E-state index in [1.54, 1.807) is 0 Å². The number of halogens is 3. The van der Waals surface area contributed by atoms with Gasteiger partial charge in [0.05, 0.1) is 0 Å². The van der Waals surface area contributed by atoms with Crippen LogP contribution in [-0.2, 0) is 6.18 Å². The molecule has 1 rings (SSSR count). The number of hydrogen-bond donors (Lipinski definition) is 3. The number of anilines is 2. The molecule has 1 aromatic heterocycles. The summed E-state index contributed by atoms with van der Waals surface area (Å²) in [5.74, 6) is 4.16. The van der Waals surface area contributed by atoms with E-state index in [1.165, 1.54) is 6.07 Å². The molecule has 1 heterocycles. The monoisotopic (exact) mass is 291 g/mol. The van der Waals surface area contributed by atoms with Gasteiger partial charge in [0.15, 0.2) is 0 Å². The minimum atomic E-state index is -4.61. The second-order valence-electron chi connectivity index (χ2n) is 5.75. The summed E-state index contributed by atoms with van der Waals surface area (Å²) in [6, 6.07) is 1.34. The van der Waals surface area contributed by atoms with E-state index in [9.17, 15) is 13.2 Å². The minimum Gasteiger partial charge on any atom is -0.370 e. The number of nitrogens with zero attached hydrogens (tertiary/aromatic N) is 2. The van der Waals surface area contributed by atoms with Crippen LogP contribution in [0, 0.1) is 11.3 Å². The standard InChI is InChI=1S/C12H20F3N5/c1-7(11(2,3)4)6-17-8-5-9(20-16)19-10(18-8)12(13,14)15/h5,7H,6,16H2,1-4H3,(H2,17,18,19,20). The second-order valence-corrected chi connectivity index (χ2v) is 5.75. The van der Waals surface area contributed by atoms with Crippen molar-refractivity contribution in [3.63, 3.8) is 0 Å². The van der Waals surface area contributed by atoms with Gasteiger partial charge >= 0.3 is 6.18 Å². The van der Waals surface area contributed by atoms with E-state index in [2.05, 4.69) is 41.5 Å². The zero-order chi connectivity index (χ0) is 15.6. The normalized spacial score (nSPS) is 14.0. The molecule has 0 saturated heterocycles. The van der Waals surface area contributed by atoms with Crippen molar-refractivity contribution in [2.24, 2.45) is 17.2 Å². The number of nitrogens with one attached hydrogen (secondary N) is 2. The van der Waals surface area contributed by atoms with Crippen molar-refractivity contribution < 1.29 is 13.2 Å². The maximum absolute atomic E-state index is 12.7. The van der Waals surface area contributed by atoms with Gasteiger partial charge in [-0.3, -0.25) is 0 Å². The summed E-state index contributed by atoms with van der Waals surface area (Å²) < 4.78 is 38.0. The first-order valence-corrected chi connectivity index (χ1v) is 6.21. The number of hydrazine groups is 1. The summed E-state index contributed by atoms with van der Waals surface area (Å²) in [6.07, 6.45) is -4.61. The van der Waals surface area contributed by atoms with Crippen LogP contribution >= 0.6 is 0 Å². The highest BCUT2D eigenvalue weighted by Crippen LogP contribution is 2.29. The van der Waals surface area contributed by atoms with Crippen molar-refractivity contribution >= 4 is 11.6 Å². The van der Waals surface area contributed by atoms with Gasteiger partial charge in [-0.15, -0.1) is 0 Å². The van der Waals surface area contributed by atoms with Crippen LogP contribution in [0.4, 0.5) is 24.8 Å². The van der Waals surface area contributed by atoms with Crippen LogP contribution in [0.2, 0.25) is 0 Å². The Morgan fingerprint density at radius 1 is 1.20 bits per heavy atom. The molecule has 20 heavy (non-hydrogen) atoms. The van der Waals surface area contributed by atoms with Gasteiger partial charge in [0.2, 0.25) is 5.82 Å². The molecule has 0 saturated carbocycles. The fourth-order valence-corrected chi connectivity index (χ4v) is 1.30. The zero-order valence-corrected chi connectivity index (χ0v) is 12.0. The van der Waals surface area contributed by atoms with Crippen molar-refractivity contribution in [2.45, 2.75) is 33.9 Å². The van der Waals surface area contributed by atoms with Crippen LogP contribution in [0.25, 0.3) is 0 Å². The van der Waals surface area contributed by atoms with Crippen LogP contribution in [0.15, 0.2) is 6.07 Å². The smallest absolute Gasteiger partial charge is 0.370 e. The SMILES string of the molecule is CC(CNc1cc(NN)nc(C(F)(F)F)n1)C(C)(C)C. The Labute approximate surface area is 116 Å². The van der Waals surface area contributed by atoms with Crippen LogP contribution < -0.4 is 16.6 Å². The summed E-state index contributed by atoms with van der Waals surface area (Å²) in [4.78, 5) is 6.75. The van der Waals surface area contributed by atoms with E-state index in [0.717, 1.165) is 0 Å². The predicted octanol–water partition coefficient (Wildman–Crippen LogP) is 2.88. The molecule has 0 bridgehead atoms. The molecule has 0 radical (unpaired) electrons. The van der Waals surface area contributed by atoms with Crippen LogP contribution in [0.3, 0.4) is 0 Å². The second kappa shape index (κ2) is 5.82. The van der Waals surface area contributed by atoms with Crippen molar-refractivity contribution in [3.05, 3.63) is 11.9 Å². The average molecular weight is 291 g/mol.